The van der Waals surface area contributed by atoms with Crippen molar-refractivity contribution in [3.8, 4) is 28.6 Å². The van der Waals surface area contributed by atoms with Crippen LogP contribution in [0.4, 0.5) is 0 Å². The van der Waals surface area contributed by atoms with Gasteiger partial charge in [-0.3, -0.25) is 0 Å². The van der Waals surface area contributed by atoms with Gasteiger partial charge in [-0.05, 0) is 36.2 Å². The summed E-state index contributed by atoms with van der Waals surface area (Å²) in [6, 6.07) is 11.7. The zero-order valence-electron chi connectivity index (χ0n) is 13.1. The van der Waals surface area contributed by atoms with E-state index in [1.165, 1.54) is 11.9 Å². The fourth-order valence-electron chi connectivity index (χ4n) is 2.25. The van der Waals surface area contributed by atoms with E-state index in [0.717, 1.165) is 23.3 Å². The number of benzene rings is 1. The number of ether oxygens (including phenoxy) is 2. The molecule has 116 valence electrons. The van der Waals surface area contributed by atoms with Crippen LogP contribution in [-0.4, -0.2) is 22.1 Å². The molecule has 0 fully saturated rings. The number of aromatic nitrogens is 3. The molecule has 2 heterocycles. The van der Waals surface area contributed by atoms with Gasteiger partial charge in [0.1, 0.15) is 12.1 Å². The second-order valence-electron chi connectivity index (χ2n) is 4.90. The maximum Gasteiger partial charge on any atom is 0.230 e. The van der Waals surface area contributed by atoms with E-state index in [4.69, 9.17) is 9.47 Å². The first-order chi connectivity index (χ1) is 11.3. The van der Waals surface area contributed by atoms with Crippen molar-refractivity contribution in [1.29, 1.82) is 0 Å². The van der Waals surface area contributed by atoms with E-state index in [1.54, 1.807) is 19.5 Å². The molecule has 0 aliphatic rings. The lowest BCUT2D eigenvalue weighted by Crippen LogP contribution is -1.96. The molecule has 23 heavy (non-hydrogen) atoms. The Kier molecular flexibility index (Phi) is 4.47. The Morgan fingerprint density at radius 3 is 2.52 bits per heavy atom. The number of hydrogen-bond donors (Lipinski definition) is 0. The highest BCUT2D eigenvalue weighted by Crippen LogP contribution is 2.34. The van der Waals surface area contributed by atoms with Gasteiger partial charge in [-0.25, -0.2) is 15.0 Å². The molecule has 0 aliphatic heterocycles. The highest BCUT2D eigenvalue weighted by molar-refractivity contribution is 5.72. The van der Waals surface area contributed by atoms with Crippen LogP contribution < -0.4 is 9.47 Å². The van der Waals surface area contributed by atoms with Crippen molar-refractivity contribution in [3.05, 3.63) is 60.7 Å². The molecule has 0 atom stereocenters. The van der Waals surface area contributed by atoms with Crippen molar-refractivity contribution in [2.45, 2.75) is 13.3 Å². The highest BCUT2D eigenvalue weighted by Gasteiger charge is 2.14. The second kappa shape index (κ2) is 6.87. The van der Waals surface area contributed by atoms with Gasteiger partial charge in [0.25, 0.3) is 0 Å². The number of pyridine rings is 1. The van der Waals surface area contributed by atoms with E-state index in [2.05, 4.69) is 21.9 Å². The Balaban J connectivity index is 1.97. The predicted octanol–water partition coefficient (Wildman–Crippen LogP) is 3.90. The average Bonchev–Trinajstić information content (AvgIpc) is 2.63. The first-order valence-corrected chi connectivity index (χ1v) is 7.38. The molecule has 5 heteroatoms. The number of nitrogens with zero attached hydrogens (tertiary/aromatic N) is 3. The van der Waals surface area contributed by atoms with Crippen LogP contribution in [0.25, 0.3) is 11.1 Å². The zero-order chi connectivity index (χ0) is 16.1. The molecule has 2 aromatic heterocycles. The third-order valence-electron chi connectivity index (χ3n) is 3.48. The first-order valence-electron chi connectivity index (χ1n) is 7.38. The maximum atomic E-state index is 5.93. The van der Waals surface area contributed by atoms with Crippen molar-refractivity contribution in [1.82, 2.24) is 15.0 Å². The number of methoxy groups -OCH3 is 1. The van der Waals surface area contributed by atoms with E-state index in [-0.39, 0.29) is 0 Å². The maximum absolute atomic E-state index is 5.93. The van der Waals surface area contributed by atoms with Gasteiger partial charge in [-0.15, -0.1) is 0 Å². The molecule has 0 radical (unpaired) electrons. The Morgan fingerprint density at radius 1 is 0.957 bits per heavy atom. The van der Waals surface area contributed by atoms with Crippen LogP contribution >= 0.6 is 0 Å². The molecule has 0 amide bonds. The van der Waals surface area contributed by atoms with Gasteiger partial charge in [-0.1, -0.05) is 19.1 Å². The number of hydrogen-bond acceptors (Lipinski definition) is 5. The molecule has 0 aliphatic carbocycles. The van der Waals surface area contributed by atoms with Crippen molar-refractivity contribution in [2.24, 2.45) is 0 Å². The summed E-state index contributed by atoms with van der Waals surface area (Å²) in [6.45, 7) is 2.12. The summed E-state index contributed by atoms with van der Waals surface area (Å²) >= 11 is 0. The monoisotopic (exact) mass is 307 g/mol. The molecule has 3 aromatic rings. The summed E-state index contributed by atoms with van der Waals surface area (Å²) in [5, 5.41) is 0. The molecule has 1 aromatic carbocycles. The van der Waals surface area contributed by atoms with Crippen molar-refractivity contribution in [3.63, 3.8) is 0 Å². The van der Waals surface area contributed by atoms with Gasteiger partial charge in [-0.2, -0.15) is 0 Å². The third kappa shape index (κ3) is 3.29. The minimum absolute atomic E-state index is 0.468. The van der Waals surface area contributed by atoms with E-state index >= 15 is 0 Å². The lowest BCUT2D eigenvalue weighted by molar-refractivity contribution is 0.399. The van der Waals surface area contributed by atoms with Crippen LogP contribution in [-0.2, 0) is 6.42 Å². The van der Waals surface area contributed by atoms with E-state index in [1.807, 2.05) is 36.4 Å². The van der Waals surface area contributed by atoms with Crippen molar-refractivity contribution in [2.75, 3.05) is 7.11 Å². The Hall–Kier alpha value is -2.95. The van der Waals surface area contributed by atoms with Gasteiger partial charge in [0, 0.05) is 12.4 Å². The summed E-state index contributed by atoms with van der Waals surface area (Å²) in [4.78, 5) is 12.6. The molecular weight excluding hydrogens is 290 g/mol. The molecule has 0 N–H and O–H groups in total. The molecule has 0 saturated carbocycles. The smallest absolute Gasteiger partial charge is 0.230 e. The predicted molar refractivity (Wildman–Crippen MR) is 87.7 cm³/mol. The largest absolute Gasteiger partial charge is 0.481 e. The van der Waals surface area contributed by atoms with Crippen LogP contribution in [0.3, 0.4) is 0 Å². The van der Waals surface area contributed by atoms with Crippen LogP contribution in [0.5, 0.6) is 17.5 Å². The Labute approximate surface area is 135 Å². The summed E-state index contributed by atoms with van der Waals surface area (Å²) in [5.41, 5.74) is 2.78. The fraction of sp³-hybridized carbons (Fsp3) is 0.167. The molecule has 0 unspecified atom stereocenters. The molecule has 5 nitrogen and oxygen atoms in total. The van der Waals surface area contributed by atoms with Crippen LogP contribution in [0.2, 0.25) is 0 Å². The quantitative estimate of drug-likeness (QED) is 0.715. The minimum atomic E-state index is 0.468. The normalized spacial score (nSPS) is 10.3. The van der Waals surface area contributed by atoms with Gasteiger partial charge in [0.15, 0.2) is 0 Å². The molecule has 0 spiro atoms. The fourth-order valence-corrected chi connectivity index (χ4v) is 2.25. The molecule has 3 rings (SSSR count). The minimum Gasteiger partial charge on any atom is -0.481 e. The zero-order valence-corrected chi connectivity index (χ0v) is 13.1. The lowest BCUT2D eigenvalue weighted by Gasteiger charge is -2.11. The Bertz CT molecular complexity index is 788. The van der Waals surface area contributed by atoms with Crippen molar-refractivity contribution < 1.29 is 9.47 Å². The number of rotatable bonds is 5. The van der Waals surface area contributed by atoms with Crippen LogP contribution in [0.1, 0.15) is 12.5 Å². The molecule has 0 bridgehead atoms. The van der Waals surface area contributed by atoms with E-state index in [0.29, 0.717) is 11.8 Å². The average molecular weight is 307 g/mol. The SMILES string of the molecule is CCc1ccc(Oc2ncncc2-c2cccnc2OC)cc1. The van der Waals surface area contributed by atoms with Crippen LogP contribution in [0, 0.1) is 0 Å². The topological polar surface area (TPSA) is 57.1 Å². The van der Waals surface area contributed by atoms with Gasteiger partial charge < -0.3 is 9.47 Å². The van der Waals surface area contributed by atoms with Gasteiger partial charge in [0.05, 0.1) is 18.2 Å². The second-order valence-corrected chi connectivity index (χ2v) is 4.90. The third-order valence-corrected chi connectivity index (χ3v) is 3.48. The van der Waals surface area contributed by atoms with Crippen LogP contribution in [0.15, 0.2) is 55.1 Å². The highest BCUT2D eigenvalue weighted by atomic mass is 16.5. The van der Waals surface area contributed by atoms with Gasteiger partial charge in [0.2, 0.25) is 11.8 Å². The number of aryl methyl sites for hydroxylation is 1. The van der Waals surface area contributed by atoms with Crippen molar-refractivity contribution >= 4 is 0 Å². The lowest BCUT2D eigenvalue weighted by atomic mass is 10.1. The molecular formula is C18H17N3O2. The Morgan fingerprint density at radius 2 is 1.78 bits per heavy atom. The molecule has 0 saturated heterocycles. The van der Waals surface area contributed by atoms with E-state index < -0.39 is 0 Å². The summed E-state index contributed by atoms with van der Waals surface area (Å²) in [5.74, 6) is 1.70. The summed E-state index contributed by atoms with van der Waals surface area (Å²) in [6.07, 6.45) is 5.83. The summed E-state index contributed by atoms with van der Waals surface area (Å²) < 4.78 is 11.2. The summed E-state index contributed by atoms with van der Waals surface area (Å²) in [7, 11) is 1.58. The standard InChI is InChI=1S/C18H17N3O2/c1-3-13-6-8-14(9-7-13)23-18-16(11-19-12-21-18)15-5-4-10-20-17(15)22-2/h4-12H,3H2,1-2H3. The van der Waals surface area contributed by atoms with Gasteiger partial charge >= 0.3 is 0 Å². The first kappa shape index (κ1) is 15.0. The van der Waals surface area contributed by atoms with E-state index in [9.17, 15) is 0 Å².